The molecule has 0 amide bonds. The van der Waals surface area contributed by atoms with Gasteiger partial charge in [-0.25, -0.2) is 0 Å². The molecule has 0 aliphatic carbocycles. The maximum absolute atomic E-state index is 6.12. The molecule has 2 unspecified atom stereocenters. The first-order valence-electron chi connectivity index (χ1n) is 7.47. The molecule has 1 N–H and O–H groups in total. The minimum Gasteiger partial charge on any atom is -0.493 e. The highest BCUT2D eigenvalue weighted by Crippen LogP contribution is 2.37. The number of halogens is 1. The minimum absolute atomic E-state index is 0.316. The van der Waals surface area contributed by atoms with Crippen LogP contribution in [0.2, 0.25) is 4.34 Å². The Labute approximate surface area is 135 Å². The molecule has 0 spiro atoms. The van der Waals surface area contributed by atoms with E-state index in [1.165, 1.54) is 10.4 Å². The van der Waals surface area contributed by atoms with Gasteiger partial charge in [0.05, 0.1) is 10.9 Å². The van der Waals surface area contributed by atoms with E-state index in [4.69, 9.17) is 16.3 Å². The van der Waals surface area contributed by atoms with Crippen LogP contribution >= 0.6 is 22.9 Å². The Morgan fingerprint density at radius 3 is 2.95 bits per heavy atom. The summed E-state index contributed by atoms with van der Waals surface area (Å²) in [6.07, 6.45) is 2.17. The number of hydrogen-bond donors (Lipinski definition) is 1. The van der Waals surface area contributed by atoms with Crippen LogP contribution in [0.15, 0.2) is 36.4 Å². The third-order valence-corrected chi connectivity index (χ3v) is 5.21. The quantitative estimate of drug-likeness (QED) is 0.862. The first-order chi connectivity index (χ1) is 10.3. The third kappa shape index (κ3) is 3.42. The van der Waals surface area contributed by atoms with Crippen molar-refractivity contribution in [1.29, 1.82) is 0 Å². The van der Waals surface area contributed by atoms with Gasteiger partial charge in [0.15, 0.2) is 0 Å². The van der Waals surface area contributed by atoms with E-state index in [2.05, 4.69) is 36.5 Å². The van der Waals surface area contributed by atoms with Crippen molar-refractivity contribution in [1.82, 2.24) is 5.32 Å². The van der Waals surface area contributed by atoms with E-state index >= 15 is 0 Å². The monoisotopic (exact) mass is 321 g/mol. The van der Waals surface area contributed by atoms with Crippen molar-refractivity contribution in [2.24, 2.45) is 5.92 Å². The Bertz CT molecular complexity index is 598. The lowest BCUT2D eigenvalue weighted by Gasteiger charge is -2.32. The Hall–Kier alpha value is -1.03. The van der Waals surface area contributed by atoms with Crippen LogP contribution in [0.4, 0.5) is 0 Å². The van der Waals surface area contributed by atoms with Crippen molar-refractivity contribution < 1.29 is 4.74 Å². The lowest BCUT2D eigenvalue weighted by molar-refractivity contribution is 0.186. The molecule has 2 atom stereocenters. The van der Waals surface area contributed by atoms with Crippen molar-refractivity contribution in [3.8, 4) is 5.75 Å². The fraction of sp³-hybridized carbons (Fsp3) is 0.412. The van der Waals surface area contributed by atoms with E-state index < -0.39 is 0 Å². The van der Waals surface area contributed by atoms with E-state index in [1.54, 1.807) is 11.3 Å². The highest BCUT2D eigenvalue weighted by molar-refractivity contribution is 7.16. The number of rotatable bonds is 5. The first kappa shape index (κ1) is 14.9. The topological polar surface area (TPSA) is 21.3 Å². The normalized spacial score (nSPS) is 18.9. The van der Waals surface area contributed by atoms with Gasteiger partial charge < -0.3 is 10.1 Å². The molecule has 0 saturated heterocycles. The predicted octanol–water partition coefficient (Wildman–Crippen LogP) is 4.69. The van der Waals surface area contributed by atoms with E-state index in [9.17, 15) is 0 Å². The van der Waals surface area contributed by atoms with Gasteiger partial charge in [0.25, 0.3) is 0 Å². The second kappa shape index (κ2) is 6.82. The standard InChI is InChI=1S/C17H20ClNOS/c1-2-9-19-17(15-7-8-16(18)21-15)13-10-12-5-3-4-6-14(12)20-11-13/h3-8,13,17,19H,2,9-11H2,1H3. The van der Waals surface area contributed by atoms with Crippen LogP contribution in [-0.2, 0) is 6.42 Å². The second-order valence-corrected chi connectivity index (χ2v) is 7.20. The molecule has 0 fully saturated rings. The fourth-order valence-electron chi connectivity index (χ4n) is 2.86. The van der Waals surface area contributed by atoms with Gasteiger partial charge in [0, 0.05) is 16.8 Å². The largest absolute Gasteiger partial charge is 0.493 e. The smallest absolute Gasteiger partial charge is 0.122 e. The van der Waals surface area contributed by atoms with Crippen molar-refractivity contribution in [2.75, 3.05) is 13.2 Å². The second-order valence-electron chi connectivity index (χ2n) is 5.46. The lowest BCUT2D eigenvalue weighted by atomic mass is 9.89. The Kier molecular flexibility index (Phi) is 4.84. The molecule has 112 valence electrons. The number of thiophene rings is 1. The van der Waals surface area contributed by atoms with Crippen molar-refractivity contribution in [3.63, 3.8) is 0 Å². The van der Waals surface area contributed by atoms with Gasteiger partial charge in [-0.15, -0.1) is 11.3 Å². The number of nitrogens with one attached hydrogen (secondary N) is 1. The number of fused-ring (bicyclic) bond motifs is 1. The van der Waals surface area contributed by atoms with Gasteiger partial charge in [0.2, 0.25) is 0 Å². The summed E-state index contributed by atoms with van der Waals surface area (Å²) < 4.78 is 6.81. The minimum atomic E-state index is 0.316. The molecular formula is C17H20ClNOS. The zero-order valence-electron chi connectivity index (χ0n) is 12.1. The number of hydrogen-bond acceptors (Lipinski definition) is 3. The number of para-hydroxylation sites is 1. The molecule has 1 aliphatic heterocycles. The molecule has 0 saturated carbocycles. The molecule has 4 heteroatoms. The molecule has 1 aliphatic rings. The van der Waals surface area contributed by atoms with Gasteiger partial charge in [-0.1, -0.05) is 36.7 Å². The molecule has 0 radical (unpaired) electrons. The van der Waals surface area contributed by atoms with Crippen molar-refractivity contribution >= 4 is 22.9 Å². The van der Waals surface area contributed by atoms with Gasteiger partial charge in [-0.05, 0) is 43.1 Å². The van der Waals surface area contributed by atoms with Gasteiger partial charge >= 0.3 is 0 Å². The van der Waals surface area contributed by atoms with Gasteiger partial charge in [-0.2, -0.15) is 0 Å². The SMILES string of the molecule is CCCNC(c1ccc(Cl)s1)C1COc2ccccc2C1. The van der Waals surface area contributed by atoms with E-state index in [0.717, 1.165) is 36.1 Å². The van der Waals surface area contributed by atoms with Crippen LogP contribution < -0.4 is 10.1 Å². The summed E-state index contributed by atoms with van der Waals surface area (Å²) in [5, 5.41) is 3.67. The van der Waals surface area contributed by atoms with Crippen molar-refractivity contribution in [3.05, 3.63) is 51.2 Å². The highest BCUT2D eigenvalue weighted by Gasteiger charge is 2.29. The maximum Gasteiger partial charge on any atom is 0.122 e. The van der Waals surface area contributed by atoms with E-state index in [-0.39, 0.29) is 0 Å². The zero-order chi connectivity index (χ0) is 14.7. The summed E-state index contributed by atoms with van der Waals surface area (Å²) in [7, 11) is 0. The lowest BCUT2D eigenvalue weighted by Crippen LogP contribution is -2.35. The molecule has 1 aromatic carbocycles. The molecule has 2 nitrogen and oxygen atoms in total. The highest BCUT2D eigenvalue weighted by atomic mass is 35.5. The van der Waals surface area contributed by atoms with Crippen molar-refractivity contribution in [2.45, 2.75) is 25.8 Å². The first-order valence-corrected chi connectivity index (χ1v) is 8.66. The summed E-state index contributed by atoms with van der Waals surface area (Å²) in [5.74, 6) is 1.48. The summed E-state index contributed by atoms with van der Waals surface area (Å²) in [5.41, 5.74) is 1.31. The third-order valence-electron chi connectivity index (χ3n) is 3.89. The number of benzene rings is 1. The zero-order valence-corrected chi connectivity index (χ0v) is 13.7. The van der Waals surface area contributed by atoms with Gasteiger partial charge in [-0.3, -0.25) is 0 Å². The van der Waals surface area contributed by atoms with Crippen LogP contribution in [0.25, 0.3) is 0 Å². The summed E-state index contributed by atoms with van der Waals surface area (Å²) in [6.45, 7) is 3.96. The van der Waals surface area contributed by atoms with Crippen LogP contribution in [0.3, 0.4) is 0 Å². The summed E-state index contributed by atoms with van der Waals surface area (Å²) in [4.78, 5) is 1.31. The molecule has 2 aromatic rings. The maximum atomic E-state index is 6.12. The molecule has 1 aromatic heterocycles. The molecule has 2 heterocycles. The Morgan fingerprint density at radius 2 is 2.19 bits per heavy atom. The van der Waals surface area contributed by atoms with E-state index in [0.29, 0.717) is 12.0 Å². The average Bonchev–Trinajstić information content (AvgIpc) is 2.94. The molecular weight excluding hydrogens is 302 g/mol. The molecule has 3 rings (SSSR count). The summed E-state index contributed by atoms with van der Waals surface area (Å²) in [6, 6.07) is 12.8. The molecule has 21 heavy (non-hydrogen) atoms. The average molecular weight is 322 g/mol. The Morgan fingerprint density at radius 1 is 1.33 bits per heavy atom. The van der Waals surface area contributed by atoms with E-state index in [1.807, 2.05) is 12.1 Å². The fourth-order valence-corrected chi connectivity index (χ4v) is 4.09. The van der Waals surface area contributed by atoms with Gasteiger partial charge in [0.1, 0.15) is 5.75 Å². The predicted molar refractivity (Wildman–Crippen MR) is 89.5 cm³/mol. The van der Waals surface area contributed by atoms with Crippen LogP contribution in [0.5, 0.6) is 5.75 Å². The number of ether oxygens (including phenoxy) is 1. The van der Waals surface area contributed by atoms with Crippen LogP contribution in [0.1, 0.15) is 29.8 Å². The summed E-state index contributed by atoms with van der Waals surface area (Å²) >= 11 is 7.79. The van der Waals surface area contributed by atoms with Crippen LogP contribution in [-0.4, -0.2) is 13.2 Å². The van der Waals surface area contributed by atoms with Crippen LogP contribution in [0, 0.1) is 5.92 Å². The molecule has 0 bridgehead atoms. The Balaban J connectivity index is 1.81.